The lowest BCUT2D eigenvalue weighted by atomic mass is 9.50. The van der Waals surface area contributed by atoms with Gasteiger partial charge in [-0.25, -0.2) is 0 Å². The molecule has 3 fully saturated rings. The number of fused-ring (bicyclic) bond motifs is 3. The van der Waals surface area contributed by atoms with E-state index in [-0.39, 0.29) is 18.0 Å². The molecule has 0 amide bonds. The fraction of sp³-hybridized carbons (Fsp3) is 0.900. The highest BCUT2D eigenvalue weighted by Gasteiger charge is 2.60. The standard InChI is InChI=1S/C20H32O2/c1-13-17-10-9-16-7-5-6-8-18(16)19(17,4)11-12-20(13)21-14(2)15(3)22-20/h8,13-17H,5-7,9-12H2,1-4H3/t13?,14-,15?,16?,17-,19-,20?/m1/s1. The minimum Gasteiger partial charge on any atom is -0.344 e. The maximum absolute atomic E-state index is 6.40. The third-order valence-corrected chi connectivity index (χ3v) is 7.59. The van der Waals surface area contributed by atoms with Gasteiger partial charge in [0.15, 0.2) is 5.79 Å². The number of hydrogen-bond donors (Lipinski definition) is 0. The summed E-state index contributed by atoms with van der Waals surface area (Å²) >= 11 is 0. The van der Waals surface area contributed by atoms with E-state index in [4.69, 9.17) is 9.47 Å². The van der Waals surface area contributed by atoms with Gasteiger partial charge in [0.25, 0.3) is 0 Å². The van der Waals surface area contributed by atoms with Crippen LogP contribution in [0.1, 0.15) is 72.6 Å². The highest BCUT2D eigenvalue weighted by molar-refractivity contribution is 5.25. The van der Waals surface area contributed by atoms with E-state index < -0.39 is 0 Å². The maximum atomic E-state index is 6.40. The average Bonchev–Trinajstić information content (AvgIpc) is 2.80. The lowest BCUT2D eigenvalue weighted by Crippen LogP contribution is -2.55. The second kappa shape index (κ2) is 5.08. The zero-order chi connectivity index (χ0) is 15.5. The van der Waals surface area contributed by atoms with Crippen LogP contribution in [-0.4, -0.2) is 18.0 Å². The Hall–Kier alpha value is -0.340. The van der Waals surface area contributed by atoms with Crippen molar-refractivity contribution in [3.63, 3.8) is 0 Å². The lowest BCUT2D eigenvalue weighted by Gasteiger charge is -2.57. The van der Waals surface area contributed by atoms with Gasteiger partial charge in [-0.1, -0.05) is 25.5 Å². The molecule has 0 N–H and O–H groups in total. The summed E-state index contributed by atoms with van der Waals surface area (Å²) in [6.07, 6.45) is 12.2. The van der Waals surface area contributed by atoms with Crippen molar-refractivity contribution in [2.45, 2.75) is 90.6 Å². The molecule has 124 valence electrons. The molecule has 0 aromatic rings. The number of rotatable bonds is 0. The largest absolute Gasteiger partial charge is 0.344 e. The maximum Gasteiger partial charge on any atom is 0.172 e. The summed E-state index contributed by atoms with van der Waals surface area (Å²) in [7, 11) is 0. The molecular formula is C20H32O2. The molecule has 4 aliphatic rings. The first-order chi connectivity index (χ1) is 10.5. The van der Waals surface area contributed by atoms with Crippen LogP contribution in [0.25, 0.3) is 0 Å². The van der Waals surface area contributed by atoms with Crippen molar-refractivity contribution in [2.24, 2.45) is 23.2 Å². The fourth-order valence-corrected chi connectivity index (χ4v) is 6.14. The van der Waals surface area contributed by atoms with Crippen molar-refractivity contribution in [2.75, 3.05) is 0 Å². The van der Waals surface area contributed by atoms with E-state index in [0.717, 1.165) is 18.3 Å². The molecule has 2 nitrogen and oxygen atoms in total. The van der Waals surface area contributed by atoms with E-state index in [0.29, 0.717) is 11.3 Å². The topological polar surface area (TPSA) is 18.5 Å². The number of allylic oxidation sites excluding steroid dienone is 2. The van der Waals surface area contributed by atoms with Gasteiger partial charge in [-0.2, -0.15) is 0 Å². The summed E-state index contributed by atoms with van der Waals surface area (Å²) in [6.45, 7) is 9.28. The Labute approximate surface area is 135 Å². The van der Waals surface area contributed by atoms with Crippen molar-refractivity contribution < 1.29 is 9.47 Å². The Morgan fingerprint density at radius 3 is 2.45 bits per heavy atom. The highest BCUT2D eigenvalue weighted by atomic mass is 16.8. The summed E-state index contributed by atoms with van der Waals surface area (Å²) in [5.74, 6) is 1.80. The van der Waals surface area contributed by atoms with Gasteiger partial charge in [0, 0.05) is 12.3 Å². The van der Waals surface area contributed by atoms with E-state index in [9.17, 15) is 0 Å². The van der Waals surface area contributed by atoms with Gasteiger partial charge >= 0.3 is 0 Å². The van der Waals surface area contributed by atoms with E-state index in [2.05, 4.69) is 33.8 Å². The molecule has 2 saturated carbocycles. The molecule has 3 aliphatic carbocycles. The monoisotopic (exact) mass is 304 g/mol. The van der Waals surface area contributed by atoms with Crippen LogP contribution in [-0.2, 0) is 9.47 Å². The molecule has 0 bridgehead atoms. The van der Waals surface area contributed by atoms with E-state index in [1.807, 2.05) is 0 Å². The number of hydrogen-bond acceptors (Lipinski definition) is 2. The first kappa shape index (κ1) is 15.2. The molecule has 7 atom stereocenters. The minimum absolute atomic E-state index is 0.233. The molecule has 1 heterocycles. The van der Waals surface area contributed by atoms with Crippen molar-refractivity contribution in [1.29, 1.82) is 0 Å². The second-order valence-electron chi connectivity index (χ2n) is 8.64. The van der Waals surface area contributed by atoms with Gasteiger partial charge in [-0.05, 0) is 69.6 Å². The van der Waals surface area contributed by atoms with Crippen LogP contribution in [0.2, 0.25) is 0 Å². The second-order valence-corrected chi connectivity index (χ2v) is 8.64. The molecule has 0 radical (unpaired) electrons. The molecule has 22 heavy (non-hydrogen) atoms. The Morgan fingerprint density at radius 1 is 1.00 bits per heavy atom. The van der Waals surface area contributed by atoms with Gasteiger partial charge in [0.1, 0.15) is 0 Å². The highest BCUT2D eigenvalue weighted by Crippen LogP contribution is 2.62. The van der Waals surface area contributed by atoms with Gasteiger partial charge in [0.05, 0.1) is 12.2 Å². The Balaban J connectivity index is 1.65. The van der Waals surface area contributed by atoms with Crippen molar-refractivity contribution in [1.82, 2.24) is 0 Å². The Morgan fingerprint density at radius 2 is 1.73 bits per heavy atom. The molecule has 1 spiro atoms. The predicted molar refractivity (Wildman–Crippen MR) is 88.5 cm³/mol. The molecule has 1 saturated heterocycles. The van der Waals surface area contributed by atoms with E-state index >= 15 is 0 Å². The predicted octanol–water partition coefficient (Wildman–Crippen LogP) is 5.08. The van der Waals surface area contributed by atoms with Crippen LogP contribution in [0.3, 0.4) is 0 Å². The summed E-state index contributed by atoms with van der Waals surface area (Å²) in [6, 6.07) is 0. The summed E-state index contributed by atoms with van der Waals surface area (Å²) in [4.78, 5) is 0. The molecule has 0 aromatic carbocycles. The van der Waals surface area contributed by atoms with Crippen molar-refractivity contribution in [3.05, 3.63) is 11.6 Å². The van der Waals surface area contributed by atoms with Crippen LogP contribution in [0.4, 0.5) is 0 Å². The summed E-state index contributed by atoms with van der Waals surface area (Å²) in [5, 5.41) is 0. The van der Waals surface area contributed by atoms with E-state index in [1.54, 1.807) is 5.57 Å². The smallest absolute Gasteiger partial charge is 0.172 e. The first-order valence-corrected chi connectivity index (χ1v) is 9.52. The van der Waals surface area contributed by atoms with E-state index in [1.165, 1.54) is 38.5 Å². The molecule has 4 rings (SSSR count). The zero-order valence-electron chi connectivity index (χ0n) is 14.7. The third-order valence-electron chi connectivity index (χ3n) is 7.59. The van der Waals surface area contributed by atoms with Crippen LogP contribution in [0, 0.1) is 23.2 Å². The fourth-order valence-electron chi connectivity index (χ4n) is 6.14. The quantitative estimate of drug-likeness (QED) is 0.581. The van der Waals surface area contributed by atoms with Crippen LogP contribution >= 0.6 is 0 Å². The molecule has 1 aliphatic heterocycles. The van der Waals surface area contributed by atoms with Gasteiger partial charge < -0.3 is 9.47 Å². The van der Waals surface area contributed by atoms with Crippen LogP contribution in [0.15, 0.2) is 11.6 Å². The van der Waals surface area contributed by atoms with Gasteiger partial charge in [0.2, 0.25) is 0 Å². The molecule has 0 aromatic heterocycles. The first-order valence-electron chi connectivity index (χ1n) is 9.52. The SMILES string of the molecule is CC1OC2(CC[C@@]3(C)C4=CCCCC4CC[C@@H]3C2C)O[C@@H]1C. The normalized spacial score (nSPS) is 54.7. The third kappa shape index (κ3) is 1.99. The zero-order valence-corrected chi connectivity index (χ0v) is 14.7. The molecular weight excluding hydrogens is 272 g/mol. The summed E-state index contributed by atoms with van der Waals surface area (Å²) in [5.41, 5.74) is 2.20. The lowest BCUT2D eigenvalue weighted by molar-refractivity contribution is -0.253. The van der Waals surface area contributed by atoms with Crippen molar-refractivity contribution >= 4 is 0 Å². The molecule has 2 heteroatoms. The van der Waals surface area contributed by atoms with Gasteiger partial charge in [-0.3, -0.25) is 0 Å². The van der Waals surface area contributed by atoms with Crippen LogP contribution < -0.4 is 0 Å². The average molecular weight is 304 g/mol. The van der Waals surface area contributed by atoms with Crippen LogP contribution in [0.5, 0.6) is 0 Å². The summed E-state index contributed by atoms with van der Waals surface area (Å²) < 4.78 is 12.8. The Kier molecular flexibility index (Phi) is 3.51. The Bertz CT molecular complexity index is 472. The minimum atomic E-state index is -0.301. The van der Waals surface area contributed by atoms with Gasteiger partial charge in [-0.15, -0.1) is 0 Å². The number of ether oxygens (including phenoxy) is 2. The molecule has 4 unspecified atom stereocenters. The van der Waals surface area contributed by atoms with Crippen molar-refractivity contribution in [3.8, 4) is 0 Å².